The van der Waals surface area contributed by atoms with Crippen molar-refractivity contribution in [3.63, 3.8) is 0 Å². The monoisotopic (exact) mass is 499 g/mol. The minimum absolute atomic E-state index is 0.0873. The number of sulfonamides is 1. The van der Waals surface area contributed by atoms with E-state index in [1.807, 2.05) is 0 Å². The first-order chi connectivity index (χ1) is 14.9. The average molecular weight is 500 g/mol. The fraction of sp³-hybridized carbons (Fsp3) is 0.364. The number of hydrogen-bond donors (Lipinski definition) is 1. The number of halogens is 2. The molecule has 0 saturated carbocycles. The molecule has 32 heavy (non-hydrogen) atoms. The molecule has 0 spiro atoms. The largest absolute Gasteiger partial charge is 0.355 e. The topological polar surface area (TPSA) is 86.8 Å². The quantitative estimate of drug-likeness (QED) is 0.570. The van der Waals surface area contributed by atoms with Crippen LogP contribution in [0.4, 0.5) is 5.69 Å². The highest BCUT2D eigenvalue weighted by Gasteiger charge is 2.30. The molecule has 2 amide bonds. The molecule has 2 aromatic rings. The lowest BCUT2D eigenvalue weighted by atomic mass is 10.1. The number of aryl methyl sites for hydroxylation is 1. The normalized spacial score (nSPS) is 12.2. The molecule has 1 atom stereocenters. The number of amides is 2. The maximum atomic E-state index is 13.3. The number of benzene rings is 2. The third-order valence-corrected chi connectivity index (χ3v) is 6.67. The van der Waals surface area contributed by atoms with Crippen LogP contribution in [-0.2, 0) is 26.2 Å². The van der Waals surface area contributed by atoms with E-state index >= 15 is 0 Å². The molecule has 0 heterocycles. The second-order valence-corrected chi connectivity index (χ2v) is 10.2. The zero-order chi connectivity index (χ0) is 24.1. The first-order valence-corrected chi connectivity index (χ1v) is 12.6. The number of rotatable bonds is 9. The van der Waals surface area contributed by atoms with Gasteiger partial charge in [0.25, 0.3) is 0 Å². The van der Waals surface area contributed by atoms with Crippen LogP contribution in [0.25, 0.3) is 0 Å². The van der Waals surface area contributed by atoms with Crippen molar-refractivity contribution in [2.75, 3.05) is 23.7 Å². The highest BCUT2D eigenvalue weighted by Crippen LogP contribution is 2.25. The van der Waals surface area contributed by atoms with Crippen molar-refractivity contribution in [3.05, 3.63) is 63.6 Å². The molecule has 7 nitrogen and oxygen atoms in total. The molecule has 0 unspecified atom stereocenters. The van der Waals surface area contributed by atoms with Crippen molar-refractivity contribution in [1.29, 1.82) is 0 Å². The van der Waals surface area contributed by atoms with Gasteiger partial charge in [0.15, 0.2) is 0 Å². The highest BCUT2D eigenvalue weighted by atomic mass is 35.5. The Hall–Kier alpha value is -2.29. The van der Waals surface area contributed by atoms with Crippen molar-refractivity contribution in [3.8, 4) is 0 Å². The van der Waals surface area contributed by atoms with Gasteiger partial charge in [0, 0.05) is 23.1 Å². The summed E-state index contributed by atoms with van der Waals surface area (Å²) >= 11 is 12.2. The van der Waals surface area contributed by atoms with Gasteiger partial charge in [-0.1, -0.05) is 41.4 Å². The van der Waals surface area contributed by atoms with E-state index in [0.717, 1.165) is 16.1 Å². The Morgan fingerprint density at radius 2 is 1.81 bits per heavy atom. The fourth-order valence-corrected chi connectivity index (χ4v) is 4.32. The minimum Gasteiger partial charge on any atom is -0.355 e. The second kappa shape index (κ2) is 11.0. The van der Waals surface area contributed by atoms with E-state index in [0.29, 0.717) is 22.2 Å². The van der Waals surface area contributed by atoms with Gasteiger partial charge in [-0.05, 0) is 56.2 Å². The minimum atomic E-state index is -3.81. The maximum absolute atomic E-state index is 13.3. The van der Waals surface area contributed by atoms with E-state index in [-0.39, 0.29) is 18.1 Å². The molecular weight excluding hydrogens is 473 g/mol. The molecule has 10 heteroatoms. The van der Waals surface area contributed by atoms with E-state index in [2.05, 4.69) is 5.32 Å². The summed E-state index contributed by atoms with van der Waals surface area (Å²) < 4.78 is 26.0. The van der Waals surface area contributed by atoms with Gasteiger partial charge in [0.05, 0.1) is 11.9 Å². The standard InChI is InChI=1S/C22H27Cl2N3O4S/c1-5-25-22(29)16(3)26(13-17-7-6-8-18(23)11-17)21(28)14-27(32(4,30)31)19-10-9-15(2)20(24)12-19/h6-12,16H,5,13-14H2,1-4H3,(H,25,29)/t16-/m1/s1. The molecule has 2 rings (SSSR count). The Bertz CT molecular complexity index is 1090. The van der Waals surface area contributed by atoms with Gasteiger partial charge in [0.2, 0.25) is 21.8 Å². The lowest BCUT2D eigenvalue weighted by Crippen LogP contribution is -2.51. The predicted octanol–water partition coefficient (Wildman–Crippen LogP) is 3.62. The van der Waals surface area contributed by atoms with Crippen molar-refractivity contribution in [2.24, 2.45) is 0 Å². The molecule has 0 saturated heterocycles. The van der Waals surface area contributed by atoms with E-state index in [4.69, 9.17) is 23.2 Å². The third kappa shape index (κ3) is 6.85. The molecule has 174 valence electrons. The van der Waals surface area contributed by atoms with Gasteiger partial charge in [-0.3, -0.25) is 13.9 Å². The zero-order valence-corrected chi connectivity index (χ0v) is 20.8. The van der Waals surface area contributed by atoms with Gasteiger partial charge < -0.3 is 10.2 Å². The fourth-order valence-electron chi connectivity index (χ4n) is 3.09. The lowest BCUT2D eigenvalue weighted by Gasteiger charge is -2.31. The Balaban J connectivity index is 2.40. The average Bonchev–Trinajstić information content (AvgIpc) is 2.71. The maximum Gasteiger partial charge on any atom is 0.244 e. The first-order valence-electron chi connectivity index (χ1n) is 9.99. The van der Waals surface area contributed by atoms with E-state index in [9.17, 15) is 18.0 Å². The Labute approximate surface area is 199 Å². The van der Waals surface area contributed by atoms with Crippen molar-refractivity contribution < 1.29 is 18.0 Å². The summed E-state index contributed by atoms with van der Waals surface area (Å²) in [6.45, 7) is 5.18. The number of hydrogen-bond acceptors (Lipinski definition) is 4. The van der Waals surface area contributed by atoms with E-state index in [1.165, 1.54) is 11.0 Å². The van der Waals surface area contributed by atoms with Gasteiger partial charge in [-0.15, -0.1) is 0 Å². The summed E-state index contributed by atoms with van der Waals surface area (Å²) in [4.78, 5) is 27.2. The zero-order valence-electron chi connectivity index (χ0n) is 18.4. The smallest absolute Gasteiger partial charge is 0.244 e. The molecule has 0 aromatic heterocycles. The summed E-state index contributed by atoms with van der Waals surface area (Å²) in [7, 11) is -3.81. The van der Waals surface area contributed by atoms with Gasteiger partial charge in [0.1, 0.15) is 12.6 Å². The lowest BCUT2D eigenvalue weighted by molar-refractivity contribution is -0.139. The van der Waals surface area contributed by atoms with Crippen LogP contribution < -0.4 is 9.62 Å². The summed E-state index contributed by atoms with van der Waals surface area (Å²) in [5.74, 6) is -0.877. The second-order valence-electron chi connectivity index (χ2n) is 7.43. The molecule has 0 radical (unpaired) electrons. The number of likely N-dealkylation sites (N-methyl/N-ethyl adjacent to an activating group) is 1. The van der Waals surface area contributed by atoms with Crippen LogP contribution in [0.15, 0.2) is 42.5 Å². The Kier molecular flexibility index (Phi) is 8.95. The number of carbonyl (C=O) groups excluding carboxylic acids is 2. The molecule has 0 aliphatic carbocycles. The summed E-state index contributed by atoms with van der Waals surface area (Å²) in [6, 6.07) is 10.9. The molecule has 1 N–H and O–H groups in total. The van der Waals surface area contributed by atoms with Crippen molar-refractivity contribution in [1.82, 2.24) is 10.2 Å². The van der Waals surface area contributed by atoms with Crippen molar-refractivity contribution >= 4 is 50.7 Å². The molecule has 0 aliphatic rings. The van der Waals surface area contributed by atoms with Gasteiger partial charge in [-0.2, -0.15) is 0 Å². The molecule has 0 aliphatic heterocycles. The van der Waals surface area contributed by atoms with Crippen molar-refractivity contribution in [2.45, 2.75) is 33.4 Å². The van der Waals surface area contributed by atoms with Gasteiger partial charge >= 0.3 is 0 Å². The summed E-state index contributed by atoms with van der Waals surface area (Å²) in [6.07, 6.45) is 1.02. The van der Waals surface area contributed by atoms with E-state index in [1.54, 1.807) is 57.2 Å². The number of carbonyl (C=O) groups is 2. The van der Waals surface area contributed by atoms with Crippen LogP contribution in [0, 0.1) is 6.92 Å². The molecule has 2 aromatic carbocycles. The number of nitrogens with zero attached hydrogens (tertiary/aromatic N) is 2. The number of anilines is 1. The highest BCUT2D eigenvalue weighted by molar-refractivity contribution is 7.92. The number of nitrogens with one attached hydrogen (secondary N) is 1. The predicted molar refractivity (Wildman–Crippen MR) is 129 cm³/mol. The Morgan fingerprint density at radius 1 is 1.12 bits per heavy atom. The third-order valence-electron chi connectivity index (χ3n) is 4.88. The van der Waals surface area contributed by atoms with Crippen LogP contribution >= 0.6 is 23.2 Å². The molecule has 0 fully saturated rings. The van der Waals surface area contributed by atoms with Crippen LogP contribution in [0.2, 0.25) is 10.0 Å². The first kappa shape index (κ1) is 26.0. The van der Waals surface area contributed by atoms with E-state index < -0.39 is 28.5 Å². The van der Waals surface area contributed by atoms with Gasteiger partial charge in [-0.25, -0.2) is 8.42 Å². The van der Waals surface area contributed by atoms with Crippen LogP contribution in [0.3, 0.4) is 0 Å². The molecular formula is C22H27Cl2N3O4S. The van der Waals surface area contributed by atoms with Crippen LogP contribution in [0.1, 0.15) is 25.0 Å². The summed E-state index contributed by atoms with van der Waals surface area (Å²) in [5.41, 5.74) is 1.76. The van der Waals surface area contributed by atoms with Crippen LogP contribution in [-0.4, -0.2) is 50.5 Å². The summed E-state index contributed by atoms with van der Waals surface area (Å²) in [5, 5.41) is 3.58. The van der Waals surface area contributed by atoms with Crippen LogP contribution in [0.5, 0.6) is 0 Å². The Morgan fingerprint density at radius 3 is 2.38 bits per heavy atom. The SMILES string of the molecule is CCNC(=O)[C@@H](C)N(Cc1cccc(Cl)c1)C(=O)CN(c1ccc(C)c(Cl)c1)S(C)(=O)=O. The molecule has 0 bridgehead atoms.